The normalized spacial score (nSPS) is 12.5. The number of nitrogens with one attached hydrogen (secondary N) is 1. The fourth-order valence-corrected chi connectivity index (χ4v) is 2.41. The number of rotatable bonds is 8. The molecule has 1 unspecified atom stereocenters. The van der Waals surface area contributed by atoms with Gasteiger partial charge in [-0.25, -0.2) is 0 Å². The fraction of sp³-hybridized carbons (Fsp3) is 0.529. The molecule has 0 spiro atoms. The number of hydrogen-bond acceptors (Lipinski definition) is 4. The minimum absolute atomic E-state index is 0.0201. The molecule has 23 heavy (non-hydrogen) atoms. The van der Waals surface area contributed by atoms with Gasteiger partial charge in [0.2, 0.25) is 0 Å². The van der Waals surface area contributed by atoms with E-state index in [4.69, 9.17) is 9.84 Å². The molecule has 1 aromatic carbocycles. The Labute approximate surface area is 141 Å². The highest BCUT2D eigenvalue weighted by Gasteiger charge is 2.17. The van der Waals surface area contributed by atoms with Gasteiger partial charge in [-0.3, -0.25) is 9.59 Å². The Kier molecular flexibility index (Phi) is 7.42. The van der Waals surface area contributed by atoms with Crippen LogP contribution in [0.4, 0.5) is 0 Å². The summed E-state index contributed by atoms with van der Waals surface area (Å²) in [7, 11) is 0. The van der Waals surface area contributed by atoms with Crippen molar-refractivity contribution in [1.82, 2.24) is 5.32 Å². The maximum Gasteiger partial charge on any atom is 0.313 e. The standard InChI is InChI=1S/C17H25NO4S/c1-12(16(21)18-8-9-23-11-15(19)20)22-14-7-5-6-13(10-14)17(2,3)4/h5-7,10,12H,8-9,11H2,1-4H3,(H,18,21)(H,19,20). The SMILES string of the molecule is CC(Oc1cccc(C(C)(C)C)c1)C(=O)NCCSCC(=O)O. The molecule has 0 bridgehead atoms. The highest BCUT2D eigenvalue weighted by atomic mass is 32.2. The summed E-state index contributed by atoms with van der Waals surface area (Å²) in [6.07, 6.45) is -0.602. The van der Waals surface area contributed by atoms with Gasteiger partial charge in [0.1, 0.15) is 5.75 Å². The van der Waals surface area contributed by atoms with E-state index in [0.717, 1.165) is 5.56 Å². The molecular formula is C17H25NO4S. The Morgan fingerprint density at radius 3 is 2.65 bits per heavy atom. The van der Waals surface area contributed by atoms with Crippen LogP contribution in [0.2, 0.25) is 0 Å². The van der Waals surface area contributed by atoms with Crippen molar-refractivity contribution >= 4 is 23.6 Å². The van der Waals surface area contributed by atoms with E-state index in [-0.39, 0.29) is 17.1 Å². The molecule has 0 fully saturated rings. The first-order valence-electron chi connectivity index (χ1n) is 7.54. The van der Waals surface area contributed by atoms with Gasteiger partial charge >= 0.3 is 5.97 Å². The molecule has 0 aromatic heterocycles. The zero-order valence-corrected chi connectivity index (χ0v) is 14.9. The molecule has 0 aliphatic heterocycles. The van der Waals surface area contributed by atoms with Gasteiger partial charge in [0.15, 0.2) is 6.10 Å². The number of carbonyl (C=O) groups excluding carboxylic acids is 1. The summed E-state index contributed by atoms with van der Waals surface area (Å²) >= 11 is 1.27. The van der Waals surface area contributed by atoms with Gasteiger partial charge in [-0.05, 0) is 30.0 Å². The van der Waals surface area contributed by atoms with Crippen molar-refractivity contribution in [3.05, 3.63) is 29.8 Å². The Morgan fingerprint density at radius 1 is 1.35 bits per heavy atom. The van der Waals surface area contributed by atoms with Crippen molar-refractivity contribution in [1.29, 1.82) is 0 Å². The second-order valence-electron chi connectivity index (χ2n) is 6.28. The van der Waals surface area contributed by atoms with E-state index >= 15 is 0 Å². The lowest BCUT2D eigenvalue weighted by Gasteiger charge is -2.21. The molecule has 1 atom stereocenters. The molecule has 1 aromatic rings. The number of carbonyl (C=O) groups is 2. The summed E-state index contributed by atoms with van der Waals surface area (Å²) in [6, 6.07) is 7.74. The van der Waals surface area contributed by atoms with Crippen LogP contribution in [-0.4, -0.2) is 41.1 Å². The molecular weight excluding hydrogens is 314 g/mol. The smallest absolute Gasteiger partial charge is 0.313 e. The van der Waals surface area contributed by atoms with Crippen molar-refractivity contribution < 1.29 is 19.4 Å². The van der Waals surface area contributed by atoms with E-state index in [2.05, 4.69) is 26.1 Å². The molecule has 0 aliphatic rings. The van der Waals surface area contributed by atoms with Crippen LogP contribution < -0.4 is 10.1 Å². The zero-order chi connectivity index (χ0) is 17.5. The van der Waals surface area contributed by atoms with Crippen LogP contribution in [0.25, 0.3) is 0 Å². The first kappa shape index (κ1) is 19.4. The fourth-order valence-electron chi connectivity index (χ4n) is 1.84. The summed E-state index contributed by atoms with van der Waals surface area (Å²) in [5.74, 6) is 0.213. The van der Waals surface area contributed by atoms with E-state index < -0.39 is 12.1 Å². The van der Waals surface area contributed by atoms with Crippen molar-refractivity contribution in [2.45, 2.75) is 39.2 Å². The van der Waals surface area contributed by atoms with Crippen LogP contribution in [-0.2, 0) is 15.0 Å². The van der Waals surface area contributed by atoms with Gasteiger partial charge in [0, 0.05) is 12.3 Å². The van der Waals surface area contributed by atoms with E-state index in [1.54, 1.807) is 6.92 Å². The third kappa shape index (κ3) is 7.41. The third-order valence-electron chi connectivity index (χ3n) is 3.15. The molecule has 1 rings (SSSR count). The summed E-state index contributed by atoms with van der Waals surface area (Å²) < 4.78 is 5.69. The molecule has 5 nitrogen and oxygen atoms in total. The lowest BCUT2D eigenvalue weighted by atomic mass is 9.87. The first-order valence-corrected chi connectivity index (χ1v) is 8.70. The van der Waals surface area contributed by atoms with Gasteiger partial charge in [0.25, 0.3) is 5.91 Å². The summed E-state index contributed by atoms with van der Waals surface area (Å²) in [5.41, 5.74) is 1.17. The lowest BCUT2D eigenvalue weighted by Crippen LogP contribution is -2.37. The van der Waals surface area contributed by atoms with Gasteiger partial charge in [0.05, 0.1) is 5.75 Å². The predicted octanol–water partition coefficient (Wildman–Crippen LogP) is 2.69. The largest absolute Gasteiger partial charge is 0.481 e. The van der Waals surface area contributed by atoms with Crippen molar-refractivity contribution in [3.63, 3.8) is 0 Å². The molecule has 0 saturated carbocycles. The average Bonchev–Trinajstić information content (AvgIpc) is 2.45. The average molecular weight is 339 g/mol. The van der Waals surface area contributed by atoms with E-state index in [9.17, 15) is 9.59 Å². The Balaban J connectivity index is 2.44. The Morgan fingerprint density at radius 2 is 2.04 bits per heavy atom. The third-order valence-corrected chi connectivity index (χ3v) is 4.10. The van der Waals surface area contributed by atoms with Gasteiger partial charge in [-0.15, -0.1) is 11.8 Å². The number of benzene rings is 1. The molecule has 1 amide bonds. The van der Waals surface area contributed by atoms with Gasteiger partial charge < -0.3 is 15.2 Å². The van der Waals surface area contributed by atoms with E-state index in [1.807, 2.05) is 24.3 Å². The molecule has 0 saturated heterocycles. The zero-order valence-electron chi connectivity index (χ0n) is 14.1. The molecule has 6 heteroatoms. The highest BCUT2D eigenvalue weighted by molar-refractivity contribution is 7.99. The quantitative estimate of drug-likeness (QED) is 0.712. The molecule has 0 aliphatic carbocycles. The molecule has 128 valence electrons. The van der Waals surface area contributed by atoms with Crippen molar-refractivity contribution in [2.75, 3.05) is 18.1 Å². The Bertz CT molecular complexity index is 540. The van der Waals surface area contributed by atoms with Crippen LogP contribution >= 0.6 is 11.8 Å². The monoisotopic (exact) mass is 339 g/mol. The second kappa shape index (κ2) is 8.82. The van der Waals surface area contributed by atoms with Crippen LogP contribution in [0.1, 0.15) is 33.3 Å². The van der Waals surface area contributed by atoms with Crippen molar-refractivity contribution in [3.8, 4) is 5.75 Å². The van der Waals surface area contributed by atoms with E-state index in [0.29, 0.717) is 18.0 Å². The predicted molar refractivity (Wildman–Crippen MR) is 93.2 cm³/mol. The molecule has 0 heterocycles. The maximum absolute atomic E-state index is 12.0. The minimum atomic E-state index is -0.850. The number of carboxylic acids is 1. The van der Waals surface area contributed by atoms with Crippen LogP contribution in [0.5, 0.6) is 5.75 Å². The lowest BCUT2D eigenvalue weighted by molar-refractivity contribution is -0.134. The molecule has 0 radical (unpaired) electrons. The summed E-state index contributed by atoms with van der Waals surface area (Å²) in [5, 5.41) is 11.3. The first-order chi connectivity index (χ1) is 10.7. The number of carboxylic acid groups (broad SMARTS) is 1. The number of thioether (sulfide) groups is 1. The van der Waals surface area contributed by atoms with Gasteiger partial charge in [-0.2, -0.15) is 0 Å². The number of ether oxygens (including phenoxy) is 1. The highest BCUT2D eigenvalue weighted by Crippen LogP contribution is 2.26. The van der Waals surface area contributed by atoms with Crippen LogP contribution in [0.15, 0.2) is 24.3 Å². The van der Waals surface area contributed by atoms with Crippen LogP contribution in [0.3, 0.4) is 0 Å². The maximum atomic E-state index is 12.0. The van der Waals surface area contributed by atoms with E-state index in [1.165, 1.54) is 11.8 Å². The number of aliphatic carboxylic acids is 1. The van der Waals surface area contributed by atoms with Crippen LogP contribution in [0, 0.1) is 0 Å². The second-order valence-corrected chi connectivity index (χ2v) is 7.38. The number of hydrogen-bond donors (Lipinski definition) is 2. The summed E-state index contributed by atoms with van der Waals surface area (Å²) in [4.78, 5) is 22.3. The van der Waals surface area contributed by atoms with Gasteiger partial charge in [-0.1, -0.05) is 32.9 Å². The Hall–Kier alpha value is -1.69. The number of amides is 1. The topological polar surface area (TPSA) is 75.6 Å². The van der Waals surface area contributed by atoms with Crippen molar-refractivity contribution in [2.24, 2.45) is 0 Å². The molecule has 2 N–H and O–H groups in total. The summed E-state index contributed by atoms with van der Waals surface area (Å²) in [6.45, 7) is 8.49. The minimum Gasteiger partial charge on any atom is -0.481 e.